The summed E-state index contributed by atoms with van der Waals surface area (Å²) < 4.78 is 5.14. The van der Waals surface area contributed by atoms with Gasteiger partial charge in [-0.1, -0.05) is 13.8 Å². The van der Waals surface area contributed by atoms with Crippen molar-refractivity contribution in [1.82, 2.24) is 0 Å². The number of carbonyl (C=O) groups excluding carboxylic acids is 1. The third-order valence-corrected chi connectivity index (χ3v) is 9.92. The number of fused-ring (bicyclic) bond motifs is 5. The number of aliphatic hydroxyl groups is 3. The third kappa shape index (κ3) is 2.33. The maximum atomic E-state index is 12.1. The Morgan fingerprint density at radius 1 is 1.07 bits per heavy atom. The van der Waals surface area contributed by atoms with Gasteiger partial charge in [-0.25, -0.2) is 4.79 Å². The lowest BCUT2D eigenvalue weighted by Gasteiger charge is -2.63. The van der Waals surface area contributed by atoms with Crippen LogP contribution in [0.25, 0.3) is 0 Å². The first-order valence-corrected chi connectivity index (χ1v) is 11.1. The van der Waals surface area contributed by atoms with Crippen molar-refractivity contribution in [2.75, 3.05) is 6.61 Å². The lowest BCUT2D eigenvalue weighted by Crippen LogP contribution is -2.62. The molecule has 1 aliphatic heterocycles. The SMILES string of the molecule is C[C@]12CC[C@@H](O)C[C@H]1CC[C@@H]1[C@@H]2CC[C@]2(C)[C@@H](C3=CC(=O)OC3)[C@@H](O)C[C@]12O. The lowest BCUT2D eigenvalue weighted by molar-refractivity contribution is -0.208. The highest BCUT2D eigenvalue weighted by Crippen LogP contribution is 2.69. The van der Waals surface area contributed by atoms with Gasteiger partial charge in [-0.2, -0.15) is 0 Å². The monoisotopic (exact) mass is 390 g/mol. The zero-order valence-electron chi connectivity index (χ0n) is 17.1. The van der Waals surface area contributed by atoms with Crippen LogP contribution in [-0.4, -0.2) is 45.7 Å². The lowest BCUT2D eigenvalue weighted by atomic mass is 9.43. The summed E-state index contributed by atoms with van der Waals surface area (Å²) in [5, 5.41) is 33.3. The Labute approximate surface area is 167 Å². The normalized spacial score (nSPS) is 55.8. The van der Waals surface area contributed by atoms with E-state index >= 15 is 0 Å². The Morgan fingerprint density at radius 3 is 2.57 bits per heavy atom. The van der Waals surface area contributed by atoms with Crippen LogP contribution in [0.2, 0.25) is 0 Å². The van der Waals surface area contributed by atoms with Crippen LogP contribution in [0, 0.1) is 34.5 Å². The van der Waals surface area contributed by atoms with Crippen molar-refractivity contribution in [3.8, 4) is 0 Å². The third-order valence-electron chi connectivity index (χ3n) is 9.92. The van der Waals surface area contributed by atoms with Crippen molar-refractivity contribution in [3.63, 3.8) is 0 Å². The average Bonchev–Trinajstić information content (AvgIpc) is 3.13. The molecule has 0 amide bonds. The van der Waals surface area contributed by atoms with Crippen molar-refractivity contribution >= 4 is 5.97 Å². The van der Waals surface area contributed by atoms with Gasteiger partial charge in [0.25, 0.3) is 0 Å². The molecule has 0 unspecified atom stereocenters. The van der Waals surface area contributed by atoms with Gasteiger partial charge >= 0.3 is 5.97 Å². The Morgan fingerprint density at radius 2 is 1.86 bits per heavy atom. The molecule has 156 valence electrons. The van der Waals surface area contributed by atoms with Gasteiger partial charge in [-0.15, -0.1) is 0 Å². The molecule has 28 heavy (non-hydrogen) atoms. The van der Waals surface area contributed by atoms with Crippen LogP contribution in [0.1, 0.15) is 65.2 Å². The number of carbonyl (C=O) groups is 1. The molecule has 5 rings (SSSR count). The van der Waals surface area contributed by atoms with Crippen molar-refractivity contribution in [2.45, 2.75) is 83.0 Å². The Bertz CT molecular complexity index is 718. The zero-order valence-corrected chi connectivity index (χ0v) is 17.1. The summed E-state index contributed by atoms with van der Waals surface area (Å²) in [7, 11) is 0. The minimum absolute atomic E-state index is 0.170. The molecular formula is C23H34O5. The highest BCUT2D eigenvalue weighted by Gasteiger charge is 2.70. The number of hydrogen-bond donors (Lipinski definition) is 3. The standard InChI is InChI=1S/C23H34O5/c1-21-7-5-15(24)10-14(21)3-4-17-16(21)6-8-22(2)20(13-9-19(26)28-12-13)18(25)11-23(17,22)27/h9,14-18,20,24-25,27H,3-8,10-12H2,1-2H3/t14-,15-,16+,17-,18+,20+,21+,22-,23+/m1/s1. The van der Waals surface area contributed by atoms with E-state index in [1.807, 2.05) is 0 Å². The molecule has 5 nitrogen and oxygen atoms in total. The number of aliphatic hydroxyl groups excluding tert-OH is 2. The fourth-order valence-corrected chi connectivity index (χ4v) is 8.47. The Hall–Kier alpha value is -0.910. The van der Waals surface area contributed by atoms with Crippen LogP contribution in [0.3, 0.4) is 0 Å². The quantitative estimate of drug-likeness (QED) is 0.599. The highest BCUT2D eigenvalue weighted by atomic mass is 16.5. The van der Waals surface area contributed by atoms with Gasteiger partial charge in [-0.3, -0.25) is 0 Å². The summed E-state index contributed by atoms with van der Waals surface area (Å²) in [5.74, 6) is 0.627. The average molecular weight is 391 g/mol. The number of cyclic esters (lactones) is 1. The second-order valence-corrected chi connectivity index (χ2v) is 10.9. The van der Waals surface area contributed by atoms with Crippen LogP contribution in [0.4, 0.5) is 0 Å². The number of rotatable bonds is 1. The van der Waals surface area contributed by atoms with Crippen molar-refractivity contribution in [2.24, 2.45) is 34.5 Å². The first-order chi connectivity index (χ1) is 13.2. The molecule has 4 aliphatic carbocycles. The first kappa shape index (κ1) is 19.1. The molecule has 0 bridgehead atoms. The summed E-state index contributed by atoms with van der Waals surface area (Å²) in [5.41, 5.74) is -0.301. The van der Waals surface area contributed by atoms with E-state index in [-0.39, 0.29) is 35.9 Å². The maximum Gasteiger partial charge on any atom is 0.331 e. The van der Waals surface area contributed by atoms with E-state index in [4.69, 9.17) is 4.74 Å². The number of hydrogen-bond acceptors (Lipinski definition) is 5. The van der Waals surface area contributed by atoms with Crippen LogP contribution in [0.5, 0.6) is 0 Å². The van der Waals surface area contributed by atoms with Gasteiger partial charge in [0.15, 0.2) is 0 Å². The molecule has 5 aliphatic rings. The largest absolute Gasteiger partial charge is 0.458 e. The molecular weight excluding hydrogens is 356 g/mol. The summed E-state index contributed by atoms with van der Waals surface area (Å²) in [4.78, 5) is 11.7. The van der Waals surface area contributed by atoms with Crippen LogP contribution in [-0.2, 0) is 9.53 Å². The van der Waals surface area contributed by atoms with E-state index in [1.54, 1.807) is 0 Å². The Balaban J connectivity index is 1.50. The van der Waals surface area contributed by atoms with Gasteiger partial charge in [0.2, 0.25) is 0 Å². The molecule has 0 aromatic carbocycles. The highest BCUT2D eigenvalue weighted by molar-refractivity contribution is 5.85. The summed E-state index contributed by atoms with van der Waals surface area (Å²) in [6.07, 6.45) is 7.87. The van der Waals surface area contributed by atoms with E-state index in [1.165, 1.54) is 6.08 Å². The second-order valence-electron chi connectivity index (χ2n) is 10.9. The molecule has 5 heteroatoms. The summed E-state index contributed by atoms with van der Waals surface area (Å²) in [6, 6.07) is 0. The van der Waals surface area contributed by atoms with E-state index in [2.05, 4.69) is 13.8 Å². The smallest absolute Gasteiger partial charge is 0.331 e. The van der Waals surface area contributed by atoms with Crippen molar-refractivity contribution in [3.05, 3.63) is 11.6 Å². The minimum Gasteiger partial charge on any atom is -0.458 e. The minimum atomic E-state index is -0.906. The van der Waals surface area contributed by atoms with Crippen LogP contribution in [0.15, 0.2) is 11.6 Å². The Kier molecular flexibility index (Phi) is 4.12. The van der Waals surface area contributed by atoms with Gasteiger partial charge < -0.3 is 20.1 Å². The van der Waals surface area contributed by atoms with E-state index < -0.39 is 17.1 Å². The van der Waals surface area contributed by atoms with Crippen LogP contribution < -0.4 is 0 Å². The molecule has 4 fully saturated rings. The summed E-state index contributed by atoms with van der Waals surface area (Å²) in [6.45, 7) is 4.77. The number of ether oxygens (including phenoxy) is 1. The predicted octanol–water partition coefficient (Wildman–Crippen LogP) is 2.58. The molecule has 3 N–H and O–H groups in total. The molecule has 9 atom stereocenters. The van der Waals surface area contributed by atoms with Gasteiger partial charge in [0, 0.05) is 23.8 Å². The fourth-order valence-electron chi connectivity index (χ4n) is 8.47. The topological polar surface area (TPSA) is 87.0 Å². The molecule has 4 saturated carbocycles. The number of esters is 1. The fraction of sp³-hybridized carbons (Fsp3) is 0.870. The van der Waals surface area contributed by atoms with Gasteiger partial charge in [0.05, 0.1) is 17.8 Å². The van der Waals surface area contributed by atoms with Crippen molar-refractivity contribution in [1.29, 1.82) is 0 Å². The van der Waals surface area contributed by atoms with Gasteiger partial charge in [-0.05, 0) is 73.7 Å². The zero-order chi connectivity index (χ0) is 19.9. The maximum absolute atomic E-state index is 12.1. The van der Waals surface area contributed by atoms with E-state index in [9.17, 15) is 20.1 Å². The summed E-state index contributed by atoms with van der Waals surface area (Å²) >= 11 is 0. The second kappa shape index (κ2) is 6.05. The van der Waals surface area contributed by atoms with Crippen molar-refractivity contribution < 1.29 is 24.9 Å². The van der Waals surface area contributed by atoms with E-state index in [0.717, 1.165) is 50.5 Å². The molecule has 0 aromatic rings. The first-order valence-electron chi connectivity index (χ1n) is 11.1. The molecule has 0 radical (unpaired) electrons. The molecule has 1 heterocycles. The predicted molar refractivity (Wildman–Crippen MR) is 103 cm³/mol. The molecule has 0 saturated heterocycles. The molecule has 0 spiro atoms. The molecule has 0 aromatic heterocycles. The van der Waals surface area contributed by atoms with Crippen LogP contribution >= 0.6 is 0 Å². The van der Waals surface area contributed by atoms with Gasteiger partial charge in [0.1, 0.15) is 6.61 Å². The van der Waals surface area contributed by atoms with E-state index in [0.29, 0.717) is 18.3 Å².